The SMILES string of the molecule is CCOC(C)CNS(=O)(=O)c1c(NC)nc2ccccn12. The number of aromatic nitrogens is 2. The Balaban J connectivity index is 2.35. The van der Waals surface area contributed by atoms with Gasteiger partial charge in [-0.2, -0.15) is 0 Å². The van der Waals surface area contributed by atoms with Gasteiger partial charge in [-0.15, -0.1) is 0 Å². The molecule has 2 heterocycles. The predicted molar refractivity (Wildman–Crippen MR) is 81.0 cm³/mol. The van der Waals surface area contributed by atoms with Crippen LogP contribution in [0.15, 0.2) is 29.4 Å². The molecule has 1 unspecified atom stereocenters. The molecular weight excluding hydrogens is 292 g/mol. The van der Waals surface area contributed by atoms with Crippen molar-refractivity contribution < 1.29 is 13.2 Å². The van der Waals surface area contributed by atoms with Crippen LogP contribution in [-0.4, -0.2) is 44.1 Å². The maximum atomic E-state index is 12.5. The summed E-state index contributed by atoms with van der Waals surface area (Å²) in [4.78, 5) is 4.26. The van der Waals surface area contributed by atoms with Gasteiger partial charge in [0.25, 0.3) is 10.0 Å². The van der Waals surface area contributed by atoms with E-state index in [4.69, 9.17) is 4.74 Å². The van der Waals surface area contributed by atoms with E-state index in [1.165, 1.54) is 0 Å². The molecule has 0 aliphatic heterocycles. The lowest BCUT2D eigenvalue weighted by molar-refractivity contribution is 0.0799. The molecule has 0 saturated heterocycles. The summed E-state index contributed by atoms with van der Waals surface area (Å²) in [6.07, 6.45) is 1.48. The molecule has 21 heavy (non-hydrogen) atoms. The molecule has 8 heteroatoms. The van der Waals surface area contributed by atoms with Crippen molar-refractivity contribution in [2.45, 2.75) is 25.0 Å². The zero-order chi connectivity index (χ0) is 15.5. The molecule has 7 nitrogen and oxygen atoms in total. The van der Waals surface area contributed by atoms with E-state index in [9.17, 15) is 8.42 Å². The summed E-state index contributed by atoms with van der Waals surface area (Å²) in [7, 11) is -2.05. The maximum Gasteiger partial charge on any atom is 0.260 e. The summed E-state index contributed by atoms with van der Waals surface area (Å²) in [6.45, 7) is 4.44. The number of ether oxygens (including phenoxy) is 1. The van der Waals surface area contributed by atoms with E-state index in [1.54, 1.807) is 29.8 Å². The summed E-state index contributed by atoms with van der Waals surface area (Å²) in [6, 6.07) is 5.32. The number of fused-ring (bicyclic) bond motifs is 1. The van der Waals surface area contributed by atoms with Crippen LogP contribution in [0.3, 0.4) is 0 Å². The largest absolute Gasteiger partial charge is 0.377 e. The van der Waals surface area contributed by atoms with Gasteiger partial charge in [-0.1, -0.05) is 6.07 Å². The highest BCUT2D eigenvalue weighted by molar-refractivity contribution is 7.89. The molecule has 0 fully saturated rings. The van der Waals surface area contributed by atoms with Gasteiger partial charge >= 0.3 is 0 Å². The van der Waals surface area contributed by atoms with Crippen molar-refractivity contribution in [1.29, 1.82) is 0 Å². The first-order valence-electron chi connectivity index (χ1n) is 6.75. The fourth-order valence-electron chi connectivity index (χ4n) is 2.03. The first kappa shape index (κ1) is 15.7. The molecule has 0 aliphatic carbocycles. The summed E-state index contributed by atoms with van der Waals surface area (Å²) in [5, 5.41) is 2.92. The van der Waals surface area contributed by atoms with E-state index < -0.39 is 10.0 Å². The maximum absolute atomic E-state index is 12.5. The van der Waals surface area contributed by atoms with Crippen molar-refractivity contribution in [3.05, 3.63) is 24.4 Å². The monoisotopic (exact) mass is 312 g/mol. The minimum atomic E-state index is -3.69. The highest BCUT2D eigenvalue weighted by Crippen LogP contribution is 2.22. The lowest BCUT2D eigenvalue weighted by Gasteiger charge is -2.13. The topological polar surface area (TPSA) is 84.7 Å². The van der Waals surface area contributed by atoms with Gasteiger partial charge in [-0.05, 0) is 26.0 Å². The highest BCUT2D eigenvalue weighted by atomic mass is 32.2. The zero-order valence-corrected chi connectivity index (χ0v) is 13.1. The average molecular weight is 312 g/mol. The molecule has 2 aromatic heterocycles. The molecule has 2 aromatic rings. The first-order chi connectivity index (χ1) is 9.99. The van der Waals surface area contributed by atoms with Crippen molar-refractivity contribution in [2.24, 2.45) is 0 Å². The van der Waals surface area contributed by atoms with Crippen LogP contribution in [0.1, 0.15) is 13.8 Å². The van der Waals surface area contributed by atoms with Gasteiger partial charge in [-0.3, -0.25) is 4.40 Å². The van der Waals surface area contributed by atoms with Crippen LogP contribution in [0.2, 0.25) is 0 Å². The lowest BCUT2D eigenvalue weighted by atomic mass is 10.4. The quantitative estimate of drug-likeness (QED) is 0.799. The van der Waals surface area contributed by atoms with E-state index in [1.807, 2.05) is 19.9 Å². The Morgan fingerprint density at radius 2 is 2.19 bits per heavy atom. The second kappa shape index (κ2) is 6.42. The molecule has 2 rings (SSSR count). The zero-order valence-electron chi connectivity index (χ0n) is 12.3. The molecule has 1 atom stereocenters. The van der Waals surface area contributed by atoms with Crippen molar-refractivity contribution in [2.75, 3.05) is 25.5 Å². The van der Waals surface area contributed by atoms with Gasteiger partial charge in [0.15, 0.2) is 10.8 Å². The number of nitrogens with zero attached hydrogens (tertiary/aromatic N) is 2. The Morgan fingerprint density at radius 1 is 1.43 bits per heavy atom. The van der Waals surface area contributed by atoms with E-state index >= 15 is 0 Å². The Morgan fingerprint density at radius 3 is 2.86 bits per heavy atom. The standard InChI is InChI=1S/C13H20N4O3S/c1-4-20-10(2)9-15-21(18,19)13-12(14-3)16-11-7-5-6-8-17(11)13/h5-8,10,14-15H,4,9H2,1-3H3. The minimum absolute atomic E-state index is 0.101. The summed E-state index contributed by atoms with van der Waals surface area (Å²) in [5.41, 5.74) is 0.570. The summed E-state index contributed by atoms with van der Waals surface area (Å²) < 4.78 is 34.5. The third-order valence-electron chi connectivity index (χ3n) is 2.99. The van der Waals surface area contributed by atoms with Crippen molar-refractivity contribution in [3.8, 4) is 0 Å². The number of anilines is 1. The number of nitrogens with one attached hydrogen (secondary N) is 2. The third kappa shape index (κ3) is 3.34. The van der Waals surface area contributed by atoms with Crippen LogP contribution < -0.4 is 10.0 Å². The normalized spacial score (nSPS) is 13.5. The van der Waals surface area contributed by atoms with Crippen LogP contribution >= 0.6 is 0 Å². The molecule has 0 spiro atoms. The van der Waals surface area contributed by atoms with Crippen LogP contribution in [0.5, 0.6) is 0 Å². The molecule has 0 aromatic carbocycles. The number of pyridine rings is 1. The number of imidazole rings is 1. The van der Waals surface area contributed by atoms with Gasteiger partial charge in [-0.25, -0.2) is 18.1 Å². The third-order valence-corrected chi connectivity index (χ3v) is 4.44. The molecule has 116 valence electrons. The summed E-state index contributed by atoms with van der Waals surface area (Å²) >= 11 is 0. The summed E-state index contributed by atoms with van der Waals surface area (Å²) in [5.74, 6) is 0.317. The Labute approximate surface area is 124 Å². The van der Waals surface area contributed by atoms with Gasteiger partial charge in [0, 0.05) is 26.4 Å². The van der Waals surface area contributed by atoms with Crippen molar-refractivity contribution in [3.63, 3.8) is 0 Å². The number of rotatable bonds is 7. The molecule has 0 bridgehead atoms. The highest BCUT2D eigenvalue weighted by Gasteiger charge is 2.25. The Kier molecular flexibility index (Phi) is 4.81. The molecule has 0 radical (unpaired) electrons. The molecular formula is C13H20N4O3S. The molecule has 2 N–H and O–H groups in total. The number of hydrogen-bond donors (Lipinski definition) is 2. The second-order valence-electron chi connectivity index (χ2n) is 4.56. The van der Waals surface area contributed by atoms with Crippen LogP contribution in [0, 0.1) is 0 Å². The molecule has 0 amide bonds. The van der Waals surface area contributed by atoms with Crippen molar-refractivity contribution >= 4 is 21.5 Å². The van der Waals surface area contributed by atoms with Crippen molar-refractivity contribution in [1.82, 2.24) is 14.1 Å². The van der Waals surface area contributed by atoms with Crippen LogP contribution in [0.25, 0.3) is 5.65 Å². The van der Waals surface area contributed by atoms with Gasteiger partial charge in [0.1, 0.15) is 5.65 Å². The van der Waals surface area contributed by atoms with Gasteiger partial charge < -0.3 is 10.1 Å². The van der Waals surface area contributed by atoms with Crippen LogP contribution in [-0.2, 0) is 14.8 Å². The average Bonchev–Trinajstić information content (AvgIpc) is 2.85. The van der Waals surface area contributed by atoms with E-state index in [0.29, 0.717) is 18.1 Å². The van der Waals surface area contributed by atoms with E-state index in [2.05, 4.69) is 15.0 Å². The lowest BCUT2D eigenvalue weighted by Crippen LogP contribution is -2.33. The minimum Gasteiger partial charge on any atom is -0.377 e. The molecule has 0 aliphatic rings. The predicted octanol–water partition coefficient (Wildman–Crippen LogP) is 1.08. The fraction of sp³-hybridized carbons (Fsp3) is 0.462. The Hall–Kier alpha value is -1.64. The van der Waals surface area contributed by atoms with Gasteiger partial charge in [0.2, 0.25) is 0 Å². The van der Waals surface area contributed by atoms with Gasteiger partial charge in [0.05, 0.1) is 6.10 Å². The second-order valence-corrected chi connectivity index (χ2v) is 6.24. The smallest absolute Gasteiger partial charge is 0.260 e. The Bertz CT molecular complexity index is 711. The molecule has 0 saturated carbocycles. The van der Waals surface area contributed by atoms with E-state index in [-0.39, 0.29) is 17.7 Å². The fourth-order valence-corrected chi connectivity index (χ4v) is 3.44. The van der Waals surface area contributed by atoms with E-state index in [0.717, 1.165) is 0 Å². The number of sulfonamides is 1. The first-order valence-corrected chi connectivity index (χ1v) is 8.24. The number of hydrogen-bond acceptors (Lipinski definition) is 5. The van der Waals surface area contributed by atoms with Crippen LogP contribution in [0.4, 0.5) is 5.82 Å².